The smallest absolute Gasteiger partial charge is 0.198 e. The SMILES string of the molecule is S=C1NN/C(=C\S/C=C2/NNC(=S)N2c2ccccc2)N1c1ccccc1. The van der Waals surface area contributed by atoms with Crippen molar-refractivity contribution in [2.75, 3.05) is 9.80 Å². The molecule has 2 aliphatic rings. The molecule has 2 aliphatic heterocycles. The topological polar surface area (TPSA) is 54.6 Å². The van der Waals surface area contributed by atoms with E-state index in [1.807, 2.05) is 81.3 Å². The molecule has 27 heavy (non-hydrogen) atoms. The van der Waals surface area contributed by atoms with Gasteiger partial charge in [-0.05, 0) is 48.7 Å². The van der Waals surface area contributed by atoms with Crippen LogP contribution in [0.15, 0.2) is 83.1 Å². The van der Waals surface area contributed by atoms with E-state index in [1.165, 1.54) is 11.8 Å². The molecule has 2 saturated heterocycles. The summed E-state index contributed by atoms with van der Waals surface area (Å²) in [5.74, 6) is 1.71. The maximum Gasteiger partial charge on any atom is 0.198 e. The first-order valence-corrected chi connectivity index (χ1v) is 9.88. The number of hydrogen-bond acceptors (Lipinski definition) is 5. The Morgan fingerprint density at radius 1 is 0.630 bits per heavy atom. The lowest BCUT2D eigenvalue weighted by Gasteiger charge is -2.17. The standard InChI is InChI=1S/C18H16N6S3/c25-17-21-19-15(23(17)13-7-3-1-4-8-13)11-27-12-16-20-22-18(26)24(16)14-9-5-2-6-10-14/h1-12,19-20H,(H,21,25)(H,22,26)/b15-11-,16-12+. The molecular weight excluding hydrogens is 396 g/mol. The molecule has 2 heterocycles. The maximum atomic E-state index is 5.39. The molecule has 2 aromatic carbocycles. The predicted octanol–water partition coefficient (Wildman–Crippen LogP) is 3.12. The van der Waals surface area contributed by atoms with Gasteiger partial charge in [0.05, 0.1) is 0 Å². The van der Waals surface area contributed by atoms with Crippen LogP contribution in [-0.4, -0.2) is 10.2 Å². The van der Waals surface area contributed by atoms with Crippen molar-refractivity contribution in [3.05, 3.63) is 83.1 Å². The summed E-state index contributed by atoms with van der Waals surface area (Å²) in [4.78, 5) is 3.89. The van der Waals surface area contributed by atoms with Gasteiger partial charge >= 0.3 is 0 Å². The van der Waals surface area contributed by atoms with Crippen LogP contribution in [0.1, 0.15) is 0 Å². The van der Waals surface area contributed by atoms with E-state index in [2.05, 4.69) is 21.7 Å². The first-order chi connectivity index (χ1) is 13.2. The molecule has 2 aromatic rings. The van der Waals surface area contributed by atoms with Gasteiger partial charge in [-0.3, -0.25) is 31.5 Å². The third-order valence-electron chi connectivity index (χ3n) is 3.87. The maximum absolute atomic E-state index is 5.39. The highest BCUT2D eigenvalue weighted by atomic mass is 32.2. The van der Waals surface area contributed by atoms with Crippen LogP contribution >= 0.6 is 36.2 Å². The molecule has 0 aromatic heterocycles. The summed E-state index contributed by atoms with van der Waals surface area (Å²) in [5.41, 5.74) is 14.2. The molecular formula is C18H16N6S3. The van der Waals surface area contributed by atoms with Crippen molar-refractivity contribution in [3.63, 3.8) is 0 Å². The van der Waals surface area contributed by atoms with E-state index in [4.69, 9.17) is 24.4 Å². The van der Waals surface area contributed by atoms with E-state index in [0.717, 1.165) is 23.0 Å². The highest BCUT2D eigenvalue weighted by Crippen LogP contribution is 2.25. The van der Waals surface area contributed by atoms with Crippen molar-refractivity contribution in [1.82, 2.24) is 21.7 Å². The van der Waals surface area contributed by atoms with E-state index in [1.54, 1.807) is 0 Å². The Morgan fingerprint density at radius 2 is 1.04 bits per heavy atom. The Morgan fingerprint density at radius 3 is 1.44 bits per heavy atom. The Kier molecular flexibility index (Phi) is 5.14. The fourth-order valence-electron chi connectivity index (χ4n) is 2.67. The lowest BCUT2D eigenvalue weighted by Crippen LogP contribution is -2.27. The summed E-state index contributed by atoms with van der Waals surface area (Å²) in [6.45, 7) is 0. The second-order valence-corrected chi connectivity index (χ2v) is 7.11. The van der Waals surface area contributed by atoms with E-state index in [9.17, 15) is 0 Å². The molecule has 0 saturated carbocycles. The van der Waals surface area contributed by atoms with Crippen LogP contribution in [-0.2, 0) is 0 Å². The third kappa shape index (κ3) is 3.70. The Balaban J connectivity index is 1.54. The number of thiocarbonyl (C=S) groups is 2. The first-order valence-electron chi connectivity index (χ1n) is 8.12. The Hall–Kier alpha value is -2.75. The van der Waals surface area contributed by atoms with Gasteiger partial charge in [-0.15, -0.1) is 0 Å². The molecule has 0 spiro atoms. The number of nitrogens with zero attached hydrogens (tertiary/aromatic N) is 2. The highest BCUT2D eigenvalue weighted by molar-refractivity contribution is 8.05. The first kappa shape index (κ1) is 17.7. The van der Waals surface area contributed by atoms with Gasteiger partial charge in [0.25, 0.3) is 0 Å². The lowest BCUT2D eigenvalue weighted by molar-refractivity contribution is 0.827. The van der Waals surface area contributed by atoms with Gasteiger partial charge in [-0.1, -0.05) is 48.2 Å². The van der Waals surface area contributed by atoms with Crippen molar-refractivity contribution in [1.29, 1.82) is 0 Å². The summed E-state index contributed by atoms with van der Waals surface area (Å²) >= 11 is 12.3. The summed E-state index contributed by atoms with van der Waals surface area (Å²) < 4.78 is 0. The van der Waals surface area contributed by atoms with Crippen LogP contribution in [0.5, 0.6) is 0 Å². The number of hydrazine groups is 2. The van der Waals surface area contributed by atoms with Gasteiger partial charge in [0.2, 0.25) is 0 Å². The number of nitrogens with one attached hydrogen (secondary N) is 4. The number of para-hydroxylation sites is 2. The van der Waals surface area contributed by atoms with Crippen LogP contribution in [0.2, 0.25) is 0 Å². The fraction of sp³-hybridized carbons (Fsp3) is 0. The van der Waals surface area contributed by atoms with Crippen molar-refractivity contribution >= 4 is 57.8 Å². The van der Waals surface area contributed by atoms with E-state index >= 15 is 0 Å². The molecule has 9 heteroatoms. The molecule has 0 bridgehead atoms. The highest BCUT2D eigenvalue weighted by Gasteiger charge is 2.25. The van der Waals surface area contributed by atoms with Gasteiger partial charge in [-0.2, -0.15) is 0 Å². The van der Waals surface area contributed by atoms with Crippen molar-refractivity contribution in [2.45, 2.75) is 0 Å². The minimum Gasteiger partial charge on any atom is -0.283 e. The van der Waals surface area contributed by atoms with E-state index in [0.29, 0.717) is 10.2 Å². The number of thioether (sulfide) groups is 1. The zero-order valence-electron chi connectivity index (χ0n) is 14.0. The second-order valence-electron chi connectivity index (χ2n) is 5.59. The lowest BCUT2D eigenvalue weighted by atomic mass is 10.3. The molecule has 0 unspecified atom stereocenters. The molecule has 0 atom stereocenters. The number of rotatable bonds is 4. The Labute approximate surface area is 172 Å². The fourth-order valence-corrected chi connectivity index (χ4v) is 3.84. The van der Waals surface area contributed by atoms with Gasteiger partial charge < -0.3 is 0 Å². The molecule has 4 N–H and O–H groups in total. The molecule has 0 aliphatic carbocycles. The molecule has 4 rings (SSSR count). The van der Waals surface area contributed by atoms with Gasteiger partial charge in [0.15, 0.2) is 10.2 Å². The van der Waals surface area contributed by atoms with Crippen molar-refractivity contribution < 1.29 is 0 Å². The predicted molar refractivity (Wildman–Crippen MR) is 119 cm³/mol. The summed E-state index contributed by atoms with van der Waals surface area (Å²) in [6, 6.07) is 19.9. The third-order valence-corrected chi connectivity index (χ3v) is 5.16. The van der Waals surface area contributed by atoms with Crippen LogP contribution in [0.4, 0.5) is 11.4 Å². The zero-order valence-corrected chi connectivity index (χ0v) is 16.5. The minimum absolute atomic E-state index is 0.605. The zero-order chi connectivity index (χ0) is 18.6. The minimum atomic E-state index is 0.605. The number of benzene rings is 2. The summed E-state index contributed by atoms with van der Waals surface area (Å²) in [7, 11) is 0. The Bertz CT molecular complexity index is 838. The second kappa shape index (κ2) is 7.87. The van der Waals surface area contributed by atoms with Gasteiger partial charge in [0, 0.05) is 22.2 Å². The summed E-state index contributed by atoms with van der Waals surface area (Å²) in [6.07, 6.45) is 0. The van der Waals surface area contributed by atoms with Crippen LogP contribution in [0.3, 0.4) is 0 Å². The normalized spacial score (nSPS) is 19.1. The molecule has 136 valence electrons. The largest absolute Gasteiger partial charge is 0.283 e. The monoisotopic (exact) mass is 412 g/mol. The molecule has 0 amide bonds. The molecule has 2 fully saturated rings. The van der Waals surface area contributed by atoms with E-state index in [-0.39, 0.29) is 0 Å². The van der Waals surface area contributed by atoms with Gasteiger partial charge in [0.1, 0.15) is 11.6 Å². The van der Waals surface area contributed by atoms with Crippen LogP contribution in [0.25, 0.3) is 0 Å². The van der Waals surface area contributed by atoms with Crippen LogP contribution in [0, 0.1) is 0 Å². The average Bonchev–Trinajstić information content (AvgIpc) is 3.26. The molecule has 0 radical (unpaired) electrons. The van der Waals surface area contributed by atoms with E-state index < -0.39 is 0 Å². The van der Waals surface area contributed by atoms with Crippen LogP contribution < -0.4 is 31.5 Å². The van der Waals surface area contributed by atoms with Gasteiger partial charge in [-0.25, -0.2) is 0 Å². The number of hydrogen-bond donors (Lipinski definition) is 4. The van der Waals surface area contributed by atoms with Crippen molar-refractivity contribution in [3.8, 4) is 0 Å². The average molecular weight is 413 g/mol. The number of anilines is 2. The van der Waals surface area contributed by atoms with Crippen molar-refractivity contribution in [2.24, 2.45) is 0 Å². The quantitative estimate of drug-likeness (QED) is 0.568. The molecule has 6 nitrogen and oxygen atoms in total. The summed E-state index contributed by atoms with van der Waals surface area (Å²) in [5, 5.41) is 5.18.